The summed E-state index contributed by atoms with van der Waals surface area (Å²) >= 11 is 0. The lowest BCUT2D eigenvalue weighted by Crippen LogP contribution is -2.54. The second-order valence-electron chi connectivity index (χ2n) is 7.18. The molecule has 0 aromatic carbocycles. The van der Waals surface area contributed by atoms with Gasteiger partial charge in [0.25, 0.3) is 11.5 Å². The van der Waals surface area contributed by atoms with Crippen molar-refractivity contribution >= 4 is 17.7 Å². The van der Waals surface area contributed by atoms with Crippen molar-refractivity contribution in [2.45, 2.75) is 12.8 Å². The minimum absolute atomic E-state index is 0.0354. The zero-order chi connectivity index (χ0) is 20.4. The van der Waals surface area contributed by atoms with E-state index in [4.69, 9.17) is 4.42 Å². The summed E-state index contributed by atoms with van der Waals surface area (Å²) in [5.74, 6) is -0.863. The molecule has 4 heterocycles. The normalized spacial score (nSPS) is 16.9. The molecule has 9 heteroatoms. The predicted octanol–water partition coefficient (Wildman–Crippen LogP) is 0.542. The third-order valence-electron chi connectivity index (χ3n) is 5.36. The van der Waals surface area contributed by atoms with Gasteiger partial charge in [-0.2, -0.15) is 0 Å². The fraction of sp³-hybridized carbons (Fsp3) is 0.400. The van der Waals surface area contributed by atoms with Crippen LogP contribution in [0.25, 0.3) is 11.5 Å². The number of pyridine rings is 1. The lowest BCUT2D eigenvalue weighted by molar-refractivity contribution is -0.152. The van der Waals surface area contributed by atoms with Gasteiger partial charge in [0.05, 0.1) is 12.0 Å². The number of piperazine rings is 1. The largest absolute Gasteiger partial charge is 0.463 e. The average Bonchev–Trinajstić information content (AvgIpc) is 3.46. The van der Waals surface area contributed by atoms with E-state index in [-0.39, 0.29) is 31.7 Å². The molecule has 2 aliphatic heterocycles. The van der Waals surface area contributed by atoms with Crippen LogP contribution in [-0.4, -0.2) is 76.7 Å². The standard InChI is InChI=1S/C20H22N4O5/c25-17-14(5-6-15(21-17)16-4-3-13-29-16)18(26)23-9-11-24(12-10-23)20(28)19(27)22-7-1-2-8-22/h3-6,13H,1-2,7-12H2,(H,21,25). The third kappa shape index (κ3) is 3.80. The summed E-state index contributed by atoms with van der Waals surface area (Å²) in [4.78, 5) is 57.0. The highest BCUT2D eigenvalue weighted by atomic mass is 16.3. The summed E-state index contributed by atoms with van der Waals surface area (Å²) in [5.41, 5.74) is 0.0345. The molecule has 4 rings (SSSR count). The molecular weight excluding hydrogens is 376 g/mol. The number of nitrogens with zero attached hydrogens (tertiary/aromatic N) is 3. The maximum Gasteiger partial charge on any atom is 0.312 e. The van der Waals surface area contributed by atoms with Gasteiger partial charge in [-0.15, -0.1) is 0 Å². The summed E-state index contributed by atoms with van der Waals surface area (Å²) in [6, 6.07) is 6.53. The predicted molar refractivity (Wildman–Crippen MR) is 103 cm³/mol. The first-order valence-electron chi connectivity index (χ1n) is 9.69. The van der Waals surface area contributed by atoms with Crippen molar-refractivity contribution in [1.82, 2.24) is 19.7 Å². The quantitative estimate of drug-likeness (QED) is 0.743. The van der Waals surface area contributed by atoms with Crippen molar-refractivity contribution in [2.24, 2.45) is 0 Å². The molecule has 29 heavy (non-hydrogen) atoms. The number of amides is 3. The smallest absolute Gasteiger partial charge is 0.312 e. The van der Waals surface area contributed by atoms with Crippen molar-refractivity contribution in [3.05, 3.63) is 46.4 Å². The Kier molecular flexibility index (Phi) is 5.20. The van der Waals surface area contributed by atoms with Crippen molar-refractivity contribution in [2.75, 3.05) is 39.3 Å². The topological polar surface area (TPSA) is 107 Å². The number of hydrogen-bond acceptors (Lipinski definition) is 5. The lowest BCUT2D eigenvalue weighted by atomic mass is 10.2. The zero-order valence-electron chi connectivity index (χ0n) is 15.9. The molecule has 2 aromatic rings. The van der Waals surface area contributed by atoms with Gasteiger partial charge in [0.2, 0.25) is 0 Å². The van der Waals surface area contributed by atoms with Gasteiger partial charge in [-0.25, -0.2) is 0 Å². The molecule has 152 valence electrons. The minimum Gasteiger partial charge on any atom is -0.463 e. The van der Waals surface area contributed by atoms with Crippen LogP contribution in [0.2, 0.25) is 0 Å². The summed E-state index contributed by atoms with van der Waals surface area (Å²) < 4.78 is 5.25. The third-order valence-corrected chi connectivity index (χ3v) is 5.36. The van der Waals surface area contributed by atoms with E-state index in [1.54, 1.807) is 23.1 Å². The monoisotopic (exact) mass is 398 g/mol. The number of furan rings is 1. The highest BCUT2D eigenvalue weighted by Gasteiger charge is 2.32. The molecule has 3 amide bonds. The molecular formula is C20H22N4O5. The van der Waals surface area contributed by atoms with E-state index in [9.17, 15) is 19.2 Å². The average molecular weight is 398 g/mol. The fourth-order valence-electron chi connectivity index (χ4n) is 3.69. The molecule has 0 saturated carbocycles. The molecule has 2 aliphatic rings. The Hall–Kier alpha value is -3.36. The molecule has 9 nitrogen and oxygen atoms in total. The van der Waals surface area contributed by atoms with Gasteiger partial charge < -0.3 is 24.1 Å². The molecule has 0 radical (unpaired) electrons. The number of rotatable bonds is 2. The highest BCUT2D eigenvalue weighted by Crippen LogP contribution is 2.16. The van der Waals surface area contributed by atoms with Gasteiger partial charge in [-0.05, 0) is 37.1 Å². The van der Waals surface area contributed by atoms with E-state index in [0.29, 0.717) is 24.5 Å². The molecule has 0 atom stereocenters. The van der Waals surface area contributed by atoms with E-state index in [1.165, 1.54) is 22.1 Å². The van der Waals surface area contributed by atoms with Gasteiger partial charge in [-0.1, -0.05) is 0 Å². The van der Waals surface area contributed by atoms with Crippen LogP contribution in [-0.2, 0) is 9.59 Å². The van der Waals surface area contributed by atoms with Crippen LogP contribution in [0.3, 0.4) is 0 Å². The van der Waals surface area contributed by atoms with Gasteiger partial charge in [0.15, 0.2) is 0 Å². The van der Waals surface area contributed by atoms with Crippen molar-refractivity contribution in [1.29, 1.82) is 0 Å². The zero-order valence-corrected chi connectivity index (χ0v) is 15.9. The van der Waals surface area contributed by atoms with Crippen LogP contribution in [0, 0.1) is 0 Å². The van der Waals surface area contributed by atoms with Gasteiger partial charge in [0, 0.05) is 39.3 Å². The summed E-state index contributed by atoms with van der Waals surface area (Å²) in [6.07, 6.45) is 3.35. The van der Waals surface area contributed by atoms with Crippen LogP contribution < -0.4 is 5.56 Å². The number of aromatic nitrogens is 1. The van der Waals surface area contributed by atoms with E-state index in [1.807, 2.05) is 0 Å². The van der Waals surface area contributed by atoms with E-state index in [2.05, 4.69) is 4.98 Å². The van der Waals surface area contributed by atoms with Crippen molar-refractivity contribution in [3.8, 4) is 11.5 Å². The second-order valence-corrected chi connectivity index (χ2v) is 7.18. The molecule has 2 aromatic heterocycles. The number of likely N-dealkylation sites (tertiary alicyclic amines) is 1. The second kappa shape index (κ2) is 7.94. The Balaban J connectivity index is 1.38. The fourth-order valence-corrected chi connectivity index (χ4v) is 3.69. The first kappa shape index (κ1) is 19.0. The summed E-state index contributed by atoms with van der Waals surface area (Å²) in [5, 5.41) is 0. The maximum atomic E-state index is 12.7. The Labute approximate surface area is 166 Å². The molecule has 0 bridgehead atoms. The number of nitrogens with one attached hydrogen (secondary N) is 1. The van der Waals surface area contributed by atoms with Crippen molar-refractivity contribution < 1.29 is 18.8 Å². The number of hydrogen-bond donors (Lipinski definition) is 1. The van der Waals surface area contributed by atoms with Crippen LogP contribution in [0.5, 0.6) is 0 Å². The Morgan fingerprint density at radius 2 is 1.45 bits per heavy atom. The molecule has 0 aliphatic carbocycles. The van der Waals surface area contributed by atoms with Crippen LogP contribution in [0.1, 0.15) is 23.2 Å². The number of H-pyrrole nitrogens is 1. The molecule has 0 spiro atoms. The molecule has 1 N–H and O–H groups in total. The summed E-state index contributed by atoms with van der Waals surface area (Å²) in [7, 11) is 0. The summed E-state index contributed by atoms with van der Waals surface area (Å²) in [6.45, 7) is 2.34. The first-order valence-corrected chi connectivity index (χ1v) is 9.69. The van der Waals surface area contributed by atoms with E-state index >= 15 is 0 Å². The molecule has 2 fully saturated rings. The van der Waals surface area contributed by atoms with E-state index in [0.717, 1.165) is 12.8 Å². The van der Waals surface area contributed by atoms with E-state index < -0.39 is 23.3 Å². The van der Waals surface area contributed by atoms with Crippen LogP contribution in [0.4, 0.5) is 0 Å². The minimum atomic E-state index is -0.514. The first-order chi connectivity index (χ1) is 14.0. The van der Waals surface area contributed by atoms with Crippen molar-refractivity contribution in [3.63, 3.8) is 0 Å². The number of carbonyl (C=O) groups excluding carboxylic acids is 3. The SMILES string of the molecule is O=C(C(=O)N1CCN(C(=O)c2ccc(-c3ccco3)[nH]c2=O)CC1)N1CCCC1. The van der Waals surface area contributed by atoms with Gasteiger partial charge in [-0.3, -0.25) is 19.2 Å². The lowest BCUT2D eigenvalue weighted by Gasteiger charge is -2.34. The number of carbonyl (C=O) groups is 3. The number of aromatic amines is 1. The Morgan fingerprint density at radius 3 is 2.03 bits per heavy atom. The Morgan fingerprint density at radius 1 is 0.828 bits per heavy atom. The molecule has 2 saturated heterocycles. The Bertz CT molecular complexity index is 967. The van der Waals surface area contributed by atoms with Gasteiger partial charge in [0.1, 0.15) is 11.3 Å². The van der Waals surface area contributed by atoms with Gasteiger partial charge >= 0.3 is 11.8 Å². The van der Waals surface area contributed by atoms with Crippen LogP contribution >= 0.6 is 0 Å². The maximum absolute atomic E-state index is 12.7. The van der Waals surface area contributed by atoms with Crippen LogP contribution in [0.15, 0.2) is 39.7 Å². The highest BCUT2D eigenvalue weighted by molar-refractivity contribution is 6.35. The molecule has 0 unspecified atom stereocenters.